The Morgan fingerprint density at radius 2 is 1.89 bits per heavy atom. The van der Waals surface area contributed by atoms with Crippen molar-refractivity contribution >= 4 is 22.8 Å². The van der Waals surface area contributed by atoms with Gasteiger partial charge in [-0.3, -0.25) is 4.79 Å². The Morgan fingerprint density at radius 3 is 2.52 bits per heavy atom. The van der Waals surface area contributed by atoms with Gasteiger partial charge in [0.2, 0.25) is 0 Å². The monoisotopic (exact) mass is 368 g/mol. The second kappa shape index (κ2) is 7.50. The number of hydrogen-bond donors (Lipinski definition) is 1. The van der Waals surface area contributed by atoms with E-state index in [1.165, 1.54) is 0 Å². The van der Waals surface area contributed by atoms with Crippen LogP contribution in [0.25, 0.3) is 11.0 Å². The summed E-state index contributed by atoms with van der Waals surface area (Å²) < 4.78 is 3.68. The maximum absolute atomic E-state index is 13.1. The molecule has 3 heterocycles. The average Bonchev–Trinajstić information content (AvgIpc) is 3.20. The summed E-state index contributed by atoms with van der Waals surface area (Å²) in [5.41, 5.74) is 2.22. The van der Waals surface area contributed by atoms with E-state index in [0.29, 0.717) is 17.3 Å². The van der Waals surface area contributed by atoms with Gasteiger partial charge in [-0.15, -0.1) is 0 Å². The number of amides is 1. The predicted octanol–water partition coefficient (Wildman–Crippen LogP) is 4.24. The van der Waals surface area contributed by atoms with E-state index in [-0.39, 0.29) is 17.9 Å². The molecular weight excluding hydrogens is 340 g/mol. The fourth-order valence-corrected chi connectivity index (χ4v) is 3.01. The molecule has 0 aliphatic heterocycles. The van der Waals surface area contributed by atoms with Crippen LogP contribution in [0.2, 0.25) is 0 Å². The van der Waals surface area contributed by atoms with Crippen molar-refractivity contribution in [2.24, 2.45) is 5.92 Å². The fraction of sp³-hybridized carbons (Fsp3) is 0.500. The first-order chi connectivity index (χ1) is 12.8. The van der Waals surface area contributed by atoms with E-state index in [1.807, 2.05) is 21.5 Å². The largest absolute Gasteiger partial charge is 0.307 e. The van der Waals surface area contributed by atoms with Crippen molar-refractivity contribution in [3.05, 3.63) is 35.8 Å². The topological polar surface area (TPSA) is 77.6 Å². The molecule has 3 rings (SSSR count). The summed E-state index contributed by atoms with van der Waals surface area (Å²) in [5.74, 6) is 1.17. The Hall–Kier alpha value is -2.70. The number of carbonyl (C=O) groups excluding carboxylic acids is 1. The summed E-state index contributed by atoms with van der Waals surface area (Å²) in [5, 5.41) is 12.5. The summed E-state index contributed by atoms with van der Waals surface area (Å²) in [6.45, 7) is 13.2. The summed E-state index contributed by atoms with van der Waals surface area (Å²) in [4.78, 5) is 17.9. The Morgan fingerprint density at radius 1 is 1.15 bits per heavy atom. The van der Waals surface area contributed by atoms with Crippen molar-refractivity contribution in [2.75, 3.05) is 5.32 Å². The van der Waals surface area contributed by atoms with Crippen LogP contribution in [0.1, 0.15) is 69.6 Å². The Bertz CT molecular complexity index is 951. The van der Waals surface area contributed by atoms with Gasteiger partial charge in [-0.25, -0.2) is 14.3 Å². The lowest BCUT2D eigenvalue weighted by Crippen LogP contribution is -2.18. The Kier molecular flexibility index (Phi) is 5.30. The lowest BCUT2D eigenvalue weighted by Gasteiger charge is -2.13. The molecular formula is C20H28N6O. The molecule has 7 nitrogen and oxygen atoms in total. The molecule has 0 atom stereocenters. The molecule has 0 aliphatic carbocycles. The molecule has 27 heavy (non-hydrogen) atoms. The summed E-state index contributed by atoms with van der Waals surface area (Å²) in [6.07, 6.45) is 3.43. The van der Waals surface area contributed by atoms with Crippen LogP contribution in [0, 0.1) is 5.92 Å². The maximum Gasteiger partial charge on any atom is 0.257 e. The van der Waals surface area contributed by atoms with Crippen molar-refractivity contribution in [3.8, 4) is 0 Å². The van der Waals surface area contributed by atoms with Crippen molar-refractivity contribution in [1.82, 2.24) is 24.5 Å². The Labute approximate surface area is 159 Å². The summed E-state index contributed by atoms with van der Waals surface area (Å²) >= 11 is 0. The van der Waals surface area contributed by atoms with Crippen LogP contribution >= 0.6 is 0 Å². The quantitative estimate of drug-likeness (QED) is 0.706. The van der Waals surface area contributed by atoms with Crippen LogP contribution < -0.4 is 5.32 Å². The number of anilines is 1. The molecule has 0 bridgehead atoms. The van der Waals surface area contributed by atoms with Crippen molar-refractivity contribution in [3.63, 3.8) is 0 Å². The third kappa shape index (κ3) is 3.86. The molecule has 0 aliphatic rings. The van der Waals surface area contributed by atoms with Crippen molar-refractivity contribution in [2.45, 2.75) is 60.0 Å². The number of nitrogens with zero attached hydrogens (tertiary/aromatic N) is 5. The second-order valence-electron chi connectivity index (χ2n) is 7.92. The summed E-state index contributed by atoms with van der Waals surface area (Å²) in [7, 11) is 0. The number of carbonyl (C=O) groups is 1. The van der Waals surface area contributed by atoms with Gasteiger partial charge in [-0.2, -0.15) is 10.2 Å². The van der Waals surface area contributed by atoms with E-state index >= 15 is 0 Å². The lowest BCUT2D eigenvalue weighted by molar-refractivity contribution is 0.102. The van der Waals surface area contributed by atoms with Gasteiger partial charge in [-0.05, 0) is 31.7 Å². The van der Waals surface area contributed by atoms with Gasteiger partial charge < -0.3 is 5.32 Å². The molecule has 1 N–H and O–H groups in total. The van der Waals surface area contributed by atoms with Gasteiger partial charge in [0.15, 0.2) is 5.65 Å². The highest BCUT2D eigenvalue weighted by molar-refractivity contribution is 6.11. The number of hydrogen-bond acceptors (Lipinski definition) is 4. The van der Waals surface area contributed by atoms with E-state index in [2.05, 4.69) is 57.1 Å². The van der Waals surface area contributed by atoms with Crippen LogP contribution in [-0.4, -0.2) is 30.5 Å². The van der Waals surface area contributed by atoms with Crippen LogP contribution in [0.5, 0.6) is 0 Å². The van der Waals surface area contributed by atoms with Crippen LogP contribution in [0.15, 0.2) is 24.5 Å². The lowest BCUT2D eigenvalue weighted by atomic mass is 10.0. The molecule has 0 fully saturated rings. The predicted molar refractivity (Wildman–Crippen MR) is 107 cm³/mol. The minimum Gasteiger partial charge on any atom is -0.307 e. The van der Waals surface area contributed by atoms with Gasteiger partial charge in [0, 0.05) is 24.3 Å². The second-order valence-corrected chi connectivity index (χ2v) is 7.92. The molecule has 1 amide bonds. The van der Waals surface area contributed by atoms with E-state index < -0.39 is 0 Å². The van der Waals surface area contributed by atoms with Crippen LogP contribution in [0.4, 0.5) is 5.82 Å². The number of rotatable bonds is 6. The zero-order valence-electron chi connectivity index (χ0n) is 16.9. The first-order valence-corrected chi connectivity index (χ1v) is 9.49. The molecule has 0 saturated carbocycles. The van der Waals surface area contributed by atoms with Gasteiger partial charge >= 0.3 is 0 Å². The van der Waals surface area contributed by atoms with E-state index in [4.69, 9.17) is 4.98 Å². The molecule has 3 aromatic heterocycles. The van der Waals surface area contributed by atoms with Crippen molar-refractivity contribution < 1.29 is 4.79 Å². The Balaban J connectivity index is 2.03. The molecule has 0 saturated heterocycles. The average molecular weight is 368 g/mol. The molecule has 0 unspecified atom stereocenters. The van der Waals surface area contributed by atoms with Gasteiger partial charge in [0.05, 0.1) is 23.3 Å². The maximum atomic E-state index is 13.1. The van der Waals surface area contributed by atoms with Crippen LogP contribution in [-0.2, 0) is 6.54 Å². The SMILES string of the molecule is CC(C)Cn1nccc1NC(=O)c1cc(C(C)C)nc2c1cnn2C(C)C. The highest BCUT2D eigenvalue weighted by atomic mass is 16.1. The smallest absolute Gasteiger partial charge is 0.257 e. The molecule has 144 valence electrons. The standard InChI is InChI=1S/C20H28N6O/c1-12(2)11-25-18(7-8-21-25)24-20(27)15-9-17(13(3)4)23-19-16(15)10-22-26(19)14(5)6/h7-10,12-14H,11H2,1-6H3,(H,24,27). The zero-order valence-corrected chi connectivity index (χ0v) is 16.9. The third-order valence-electron chi connectivity index (χ3n) is 4.41. The van der Waals surface area contributed by atoms with Gasteiger partial charge in [0.1, 0.15) is 5.82 Å². The highest BCUT2D eigenvalue weighted by Crippen LogP contribution is 2.25. The van der Waals surface area contributed by atoms with E-state index in [9.17, 15) is 4.79 Å². The van der Waals surface area contributed by atoms with Gasteiger partial charge in [0.25, 0.3) is 5.91 Å². The number of fused-ring (bicyclic) bond motifs is 1. The first-order valence-electron chi connectivity index (χ1n) is 9.49. The van der Waals surface area contributed by atoms with Gasteiger partial charge in [-0.1, -0.05) is 27.7 Å². The zero-order chi connectivity index (χ0) is 19.7. The first kappa shape index (κ1) is 19.1. The number of aromatic nitrogens is 5. The molecule has 0 spiro atoms. The normalized spacial score (nSPS) is 11.9. The number of nitrogens with one attached hydrogen (secondary N) is 1. The van der Waals surface area contributed by atoms with E-state index in [1.54, 1.807) is 12.4 Å². The van der Waals surface area contributed by atoms with Crippen molar-refractivity contribution in [1.29, 1.82) is 0 Å². The minimum absolute atomic E-state index is 0.167. The highest BCUT2D eigenvalue weighted by Gasteiger charge is 2.20. The molecule has 0 aromatic carbocycles. The van der Waals surface area contributed by atoms with E-state index in [0.717, 1.165) is 23.3 Å². The third-order valence-corrected chi connectivity index (χ3v) is 4.41. The number of pyridine rings is 1. The fourth-order valence-electron chi connectivity index (χ4n) is 3.01. The summed E-state index contributed by atoms with van der Waals surface area (Å²) in [6, 6.07) is 3.86. The minimum atomic E-state index is -0.168. The molecule has 7 heteroatoms. The molecule has 0 radical (unpaired) electrons. The molecule has 3 aromatic rings. The van der Waals surface area contributed by atoms with Crippen LogP contribution in [0.3, 0.4) is 0 Å².